The van der Waals surface area contributed by atoms with Gasteiger partial charge in [0, 0.05) is 13.7 Å². The van der Waals surface area contributed by atoms with E-state index in [0.717, 1.165) is 0 Å². The smallest absolute Gasteiger partial charge is 0.386 e. The number of hydrogen-bond donors (Lipinski definition) is 2. The van der Waals surface area contributed by atoms with Gasteiger partial charge in [0.25, 0.3) is 0 Å². The molecule has 16 heavy (non-hydrogen) atoms. The van der Waals surface area contributed by atoms with Gasteiger partial charge in [-0.05, 0) is 22.0 Å². The number of aliphatic hydroxyl groups is 1. The van der Waals surface area contributed by atoms with E-state index in [-0.39, 0.29) is 24.7 Å². The van der Waals surface area contributed by atoms with Crippen LogP contribution in [-0.4, -0.2) is 41.4 Å². The summed E-state index contributed by atoms with van der Waals surface area (Å²) in [4.78, 5) is 13.7. The van der Waals surface area contributed by atoms with Crippen LogP contribution < -0.4 is 5.32 Å². The summed E-state index contributed by atoms with van der Waals surface area (Å²) >= 11 is 0. The van der Waals surface area contributed by atoms with Crippen LogP contribution in [0.3, 0.4) is 0 Å². The van der Waals surface area contributed by atoms with Crippen molar-refractivity contribution in [3.05, 3.63) is 28.4 Å². The van der Waals surface area contributed by atoms with Crippen molar-refractivity contribution in [1.29, 1.82) is 0 Å². The van der Waals surface area contributed by atoms with Crippen LogP contribution in [0.15, 0.2) is 18.3 Å². The molecule has 1 aromatic heterocycles. The second kappa shape index (κ2) is 5.99. The maximum atomic E-state index is 10.6. The fourth-order valence-electron chi connectivity index (χ4n) is 1.16. The Kier molecular flexibility index (Phi) is 4.62. The lowest BCUT2D eigenvalue weighted by molar-refractivity contribution is -0.388. The summed E-state index contributed by atoms with van der Waals surface area (Å²) in [7, 11) is 1.47. The van der Waals surface area contributed by atoms with Gasteiger partial charge >= 0.3 is 5.82 Å². The first-order valence-electron chi connectivity index (χ1n) is 4.65. The molecule has 0 fully saturated rings. The van der Waals surface area contributed by atoms with Crippen molar-refractivity contribution < 1.29 is 14.8 Å². The highest BCUT2D eigenvalue weighted by molar-refractivity contribution is 5.56. The average Bonchev–Trinajstić information content (AvgIpc) is 2.27. The number of aliphatic hydroxyl groups excluding tert-OH is 1. The fraction of sp³-hybridized carbons (Fsp3) is 0.444. The number of ether oxygens (including phenoxy) is 1. The number of hydrogen-bond acceptors (Lipinski definition) is 6. The van der Waals surface area contributed by atoms with Crippen LogP contribution in [0.2, 0.25) is 0 Å². The van der Waals surface area contributed by atoms with E-state index >= 15 is 0 Å². The van der Waals surface area contributed by atoms with E-state index < -0.39 is 11.0 Å². The summed E-state index contributed by atoms with van der Waals surface area (Å²) < 4.78 is 4.73. The normalized spacial score (nSPS) is 12.1. The van der Waals surface area contributed by atoms with Crippen molar-refractivity contribution in [3.63, 3.8) is 0 Å². The van der Waals surface area contributed by atoms with Crippen LogP contribution >= 0.6 is 0 Å². The Balaban J connectivity index is 2.63. The van der Waals surface area contributed by atoms with Crippen LogP contribution in [0.5, 0.6) is 0 Å². The van der Waals surface area contributed by atoms with Crippen LogP contribution in [0.1, 0.15) is 0 Å². The van der Waals surface area contributed by atoms with E-state index in [2.05, 4.69) is 10.3 Å². The Bertz CT molecular complexity index is 358. The third-order valence-electron chi connectivity index (χ3n) is 1.85. The molecule has 0 aliphatic carbocycles. The molecule has 2 N–H and O–H groups in total. The fourth-order valence-corrected chi connectivity index (χ4v) is 1.16. The number of methoxy groups -OCH3 is 1. The predicted octanol–water partition coefficient (Wildman–Crippen LogP) is 0.409. The number of aromatic nitrogens is 1. The summed E-state index contributed by atoms with van der Waals surface area (Å²) in [6, 6.07) is 3.11. The van der Waals surface area contributed by atoms with Crippen LogP contribution in [0.25, 0.3) is 0 Å². The lowest BCUT2D eigenvalue weighted by Gasteiger charge is -2.11. The highest BCUT2D eigenvalue weighted by atomic mass is 16.6. The molecule has 1 atom stereocenters. The zero-order valence-corrected chi connectivity index (χ0v) is 8.79. The first-order chi connectivity index (χ1) is 7.65. The number of nitro groups is 1. The monoisotopic (exact) mass is 227 g/mol. The van der Waals surface area contributed by atoms with Crippen molar-refractivity contribution in [3.8, 4) is 0 Å². The Morgan fingerprint density at radius 3 is 3.12 bits per heavy atom. The molecular formula is C9H13N3O4. The van der Waals surface area contributed by atoms with Gasteiger partial charge in [-0.3, -0.25) is 0 Å². The lowest BCUT2D eigenvalue weighted by Crippen LogP contribution is -2.24. The molecule has 0 amide bonds. The third kappa shape index (κ3) is 3.44. The Labute approximate surface area is 92.2 Å². The average molecular weight is 227 g/mol. The number of rotatable bonds is 6. The first-order valence-corrected chi connectivity index (χ1v) is 4.65. The van der Waals surface area contributed by atoms with Gasteiger partial charge in [-0.15, -0.1) is 0 Å². The Morgan fingerprint density at radius 1 is 1.75 bits per heavy atom. The van der Waals surface area contributed by atoms with E-state index in [4.69, 9.17) is 4.74 Å². The number of nitrogens with one attached hydrogen (secondary N) is 1. The molecule has 7 heteroatoms. The van der Waals surface area contributed by atoms with Crippen LogP contribution in [0.4, 0.5) is 11.5 Å². The maximum absolute atomic E-state index is 10.6. The van der Waals surface area contributed by atoms with Crippen molar-refractivity contribution in [1.82, 2.24) is 4.98 Å². The Hall–Kier alpha value is -1.73. The molecule has 1 aromatic rings. The topological polar surface area (TPSA) is 97.5 Å². The zero-order valence-electron chi connectivity index (χ0n) is 8.79. The SMILES string of the molecule is COCC(O)CNc1cccnc1[N+](=O)[O-]. The quantitative estimate of drug-likeness (QED) is 0.539. The minimum atomic E-state index is -0.718. The van der Waals surface area contributed by atoms with E-state index in [9.17, 15) is 15.2 Å². The second-order valence-corrected chi connectivity index (χ2v) is 3.12. The van der Waals surface area contributed by atoms with Gasteiger partial charge in [-0.1, -0.05) is 0 Å². The van der Waals surface area contributed by atoms with E-state index in [1.807, 2.05) is 0 Å². The van der Waals surface area contributed by atoms with E-state index in [1.54, 1.807) is 6.07 Å². The summed E-state index contributed by atoms with van der Waals surface area (Å²) in [6.45, 7) is 0.335. The summed E-state index contributed by atoms with van der Waals surface area (Å²) in [6.07, 6.45) is 0.624. The maximum Gasteiger partial charge on any atom is 0.386 e. The standard InChI is InChI=1S/C9H13N3O4/c1-16-6-7(13)5-11-8-3-2-4-10-9(8)12(14)15/h2-4,7,11,13H,5-6H2,1H3. The number of pyridine rings is 1. The summed E-state index contributed by atoms with van der Waals surface area (Å²) in [5.41, 5.74) is 0.280. The third-order valence-corrected chi connectivity index (χ3v) is 1.85. The Morgan fingerprint density at radius 2 is 2.50 bits per heavy atom. The van der Waals surface area contributed by atoms with Gasteiger partial charge < -0.3 is 25.3 Å². The molecule has 0 aromatic carbocycles. The van der Waals surface area contributed by atoms with Crippen molar-refractivity contribution in [2.24, 2.45) is 0 Å². The first kappa shape index (κ1) is 12.3. The van der Waals surface area contributed by atoms with Crippen molar-refractivity contribution in [2.75, 3.05) is 25.6 Å². The summed E-state index contributed by atoms with van der Waals surface area (Å²) in [5, 5.41) is 22.7. The number of anilines is 1. The molecule has 0 saturated heterocycles. The molecule has 7 nitrogen and oxygen atoms in total. The van der Waals surface area contributed by atoms with Crippen LogP contribution in [0, 0.1) is 10.1 Å². The highest BCUT2D eigenvalue weighted by Crippen LogP contribution is 2.19. The highest BCUT2D eigenvalue weighted by Gasteiger charge is 2.14. The van der Waals surface area contributed by atoms with Gasteiger partial charge in [0.2, 0.25) is 0 Å². The molecular weight excluding hydrogens is 214 g/mol. The molecule has 0 bridgehead atoms. The zero-order chi connectivity index (χ0) is 12.0. The molecule has 0 spiro atoms. The van der Waals surface area contributed by atoms with Gasteiger partial charge in [0.15, 0.2) is 0 Å². The minimum Gasteiger partial charge on any atom is -0.389 e. The van der Waals surface area contributed by atoms with Crippen molar-refractivity contribution >= 4 is 11.5 Å². The molecule has 1 heterocycles. The molecule has 1 unspecified atom stereocenters. The predicted molar refractivity (Wildman–Crippen MR) is 57.3 cm³/mol. The van der Waals surface area contributed by atoms with E-state index in [0.29, 0.717) is 0 Å². The molecule has 1 rings (SSSR count). The molecule has 0 aliphatic rings. The largest absolute Gasteiger partial charge is 0.389 e. The molecule has 88 valence electrons. The summed E-state index contributed by atoms with van der Waals surface area (Å²) in [5.74, 6) is -0.257. The molecule has 0 saturated carbocycles. The minimum absolute atomic E-state index is 0.167. The molecule has 0 radical (unpaired) electrons. The van der Waals surface area contributed by atoms with Gasteiger partial charge in [0.05, 0.1) is 12.7 Å². The lowest BCUT2D eigenvalue weighted by atomic mass is 10.3. The van der Waals surface area contributed by atoms with Gasteiger partial charge in [-0.25, -0.2) is 0 Å². The van der Waals surface area contributed by atoms with E-state index in [1.165, 1.54) is 19.4 Å². The van der Waals surface area contributed by atoms with Crippen molar-refractivity contribution in [2.45, 2.75) is 6.10 Å². The van der Waals surface area contributed by atoms with Gasteiger partial charge in [0.1, 0.15) is 11.9 Å². The second-order valence-electron chi connectivity index (χ2n) is 3.12. The number of nitrogens with zero attached hydrogens (tertiary/aromatic N) is 2. The molecule has 0 aliphatic heterocycles. The van der Waals surface area contributed by atoms with Gasteiger partial charge in [-0.2, -0.15) is 0 Å². The van der Waals surface area contributed by atoms with Crippen LogP contribution in [-0.2, 0) is 4.74 Å².